The summed E-state index contributed by atoms with van der Waals surface area (Å²) >= 11 is 0. The molecular weight excluding hydrogens is 198 g/mol. The quantitative estimate of drug-likeness (QED) is 0.777. The van der Waals surface area contributed by atoms with Gasteiger partial charge in [0.1, 0.15) is 0 Å². The van der Waals surface area contributed by atoms with E-state index in [0.29, 0.717) is 0 Å². The molecule has 2 aromatic rings. The third-order valence-corrected chi connectivity index (χ3v) is 2.44. The fourth-order valence-corrected chi connectivity index (χ4v) is 1.62. The average molecular weight is 215 g/mol. The third kappa shape index (κ3) is 3.12. The summed E-state index contributed by atoms with van der Waals surface area (Å²) in [6.07, 6.45) is 3.11. The molecule has 1 aromatic carbocycles. The number of hydrogen-bond acceptors (Lipinski definition) is 2. The Balaban J connectivity index is 1.69. The second kappa shape index (κ2) is 5.35. The van der Waals surface area contributed by atoms with Crippen LogP contribution in [0, 0.1) is 6.92 Å². The summed E-state index contributed by atoms with van der Waals surface area (Å²) in [5.41, 5.74) is 2.26. The van der Waals surface area contributed by atoms with Crippen LogP contribution < -0.4 is 5.32 Å². The molecule has 0 saturated carbocycles. The third-order valence-electron chi connectivity index (χ3n) is 2.44. The van der Waals surface area contributed by atoms with Gasteiger partial charge in [-0.1, -0.05) is 18.2 Å². The highest BCUT2D eigenvalue weighted by Crippen LogP contribution is 2.04. The highest BCUT2D eigenvalue weighted by Gasteiger charge is 1.94. The van der Waals surface area contributed by atoms with Crippen molar-refractivity contribution in [2.75, 3.05) is 11.9 Å². The second-order valence-electron chi connectivity index (χ2n) is 3.87. The minimum absolute atomic E-state index is 0.966. The molecule has 0 fully saturated rings. The number of para-hydroxylation sites is 1. The van der Waals surface area contributed by atoms with Gasteiger partial charge in [0.2, 0.25) is 0 Å². The van der Waals surface area contributed by atoms with Crippen molar-refractivity contribution in [2.45, 2.75) is 19.9 Å². The van der Waals surface area contributed by atoms with Crippen molar-refractivity contribution in [1.82, 2.24) is 9.78 Å². The molecule has 2 rings (SSSR count). The monoisotopic (exact) mass is 215 g/mol. The standard InChI is InChI=1S/C13H17N3/c1-12-8-11-16(15-12)10-5-9-14-13-6-3-2-4-7-13/h2-4,6-8,11,14H,5,9-10H2,1H3. The summed E-state index contributed by atoms with van der Waals surface area (Å²) < 4.78 is 1.99. The van der Waals surface area contributed by atoms with Gasteiger partial charge in [-0.2, -0.15) is 5.10 Å². The number of aromatic nitrogens is 2. The number of nitrogens with one attached hydrogen (secondary N) is 1. The first-order valence-corrected chi connectivity index (χ1v) is 5.63. The Morgan fingerprint density at radius 1 is 1.19 bits per heavy atom. The number of hydrogen-bond donors (Lipinski definition) is 1. The molecule has 0 aliphatic rings. The molecule has 1 aromatic heterocycles. The first kappa shape index (κ1) is 10.7. The Kier molecular flexibility index (Phi) is 3.59. The molecule has 0 atom stereocenters. The lowest BCUT2D eigenvalue weighted by molar-refractivity contribution is 0.588. The molecule has 0 unspecified atom stereocenters. The van der Waals surface area contributed by atoms with E-state index in [1.165, 1.54) is 5.69 Å². The molecule has 3 heteroatoms. The van der Waals surface area contributed by atoms with Crippen LogP contribution in [0.3, 0.4) is 0 Å². The van der Waals surface area contributed by atoms with Crippen molar-refractivity contribution in [1.29, 1.82) is 0 Å². The number of benzene rings is 1. The van der Waals surface area contributed by atoms with Gasteiger partial charge in [0.05, 0.1) is 5.69 Å². The van der Waals surface area contributed by atoms with Crippen molar-refractivity contribution >= 4 is 5.69 Å². The predicted molar refractivity (Wildman–Crippen MR) is 66.5 cm³/mol. The van der Waals surface area contributed by atoms with E-state index in [2.05, 4.69) is 22.5 Å². The van der Waals surface area contributed by atoms with Crippen LogP contribution in [-0.2, 0) is 6.54 Å². The van der Waals surface area contributed by atoms with E-state index in [0.717, 1.165) is 25.2 Å². The Bertz CT molecular complexity index is 420. The van der Waals surface area contributed by atoms with Crippen LogP contribution in [0.4, 0.5) is 5.69 Å². The average Bonchev–Trinajstić information content (AvgIpc) is 2.72. The van der Waals surface area contributed by atoms with Crippen molar-refractivity contribution in [3.05, 3.63) is 48.3 Å². The Labute approximate surface area is 96.1 Å². The molecule has 84 valence electrons. The zero-order valence-electron chi connectivity index (χ0n) is 9.56. The van der Waals surface area contributed by atoms with E-state index in [1.807, 2.05) is 42.1 Å². The number of aryl methyl sites for hydroxylation is 2. The van der Waals surface area contributed by atoms with E-state index in [-0.39, 0.29) is 0 Å². The summed E-state index contributed by atoms with van der Waals surface area (Å²) in [4.78, 5) is 0. The summed E-state index contributed by atoms with van der Waals surface area (Å²) in [6, 6.07) is 12.3. The maximum Gasteiger partial charge on any atom is 0.0593 e. The largest absolute Gasteiger partial charge is 0.385 e. The molecular formula is C13H17N3. The van der Waals surface area contributed by atoms with Crippen LogP contribution in [0.1, 0.15) is 12.1 Å². The molecule has 0 saturated heterocycles. The van der Waals surface area contributed by atoms with Gasteiger partial charge >= 0.3 is 0 Å². The number of rotatable bonds is 5. The van der Waals surface area contributed by atoms with Gasteiger partial charge in [0.15, 0.2) is 0 Å². The Morgan fingerprint density at radius 3 is 2.69 bits per heavy atom. The molecule has 0 aliphatic carbocycles. The first-order chi connectivity index (χ1) is 7.84. The molecule has 16 heavy (non-hydrogen) atoms. The van der Waals surface area contributed by atoms with E-state index in [1.54, 1.807) is 0 Å². The van der Waals surface area contributed by atoms with E-state index in [9.17, 15) is 0 Å². The minimum atomic E-state index is 0.966. The second-order valence-corrected chi connectivity index (χ2v) is 3.87. The molecule has 1 N–H and O–H groups in total. The molecule has 3 nitrogen and oxygen atoms in total. The van der Waals surface area contributed by atoms with Gasteiger partial charge < -0.3 is 5.32 Å². The number of nitrogens with zero attached hydrogens (tertiary/aromatic N) is 2. The Morgan fingerprint density at radius 2 is 2.00 bits per heavy atom. The van der Waals surface area contributed by atoms with E-state index in [4.69, 9.17) is 0 Å². The predicted octanol–water partition coefficient (Wildman–Crippen LogP) is 2.69. The van der Waals surface area contributed by atoms with E-state index >= 15 is 0 Å². The Hall–Kier alpha value is -1.77. The first-order valence-electron chi connectivity index (χ1n) is 5.63. The normalized spacial score (nSPS) is 10.3. The summed E-state index contributed by atoms with van der Waals surface area (Å²) in [7, 11) is 0. The topological polar surface area (TPSA) is 29.9 Å². The van der Waals surface area contributed by atoms with Crippen LogP contribution >= 0.6 is 0 Å². The summed E-state index contributed by atoms with van der Waals surface area (Å²) in [5.74, 6) is 0. The van der Waals surface area contributed by atoms with Crippen LogP contribution in [0.5, 0.6) is 0 Å². The lowest BCUT2D eigenvalue weighted by Crippen LogP contribution is -2.07. The summed E-state index contributed by atoms with van der Waals surface area (Å²) in [5, 5.41) is 7.72. The molecule has 0 radical (unpaired) electrons. The lowest BCUT2D eigenvalue weighted by atomic mass is 10.3. The SMILES string of the molecule is Cc1ccn(CCCNc2ccccc2)n1. The van der Waals surface area contributed by atoms with Crippen molar-refractivity contribution in [3.63, 3.8) is 0 Å². The van der Waals surface area contributed by atoms with Crippen molar-refractivity contribution < 1.29 is 0 Å². The zero-order valence-corrected chi connectivity index (χ0v) is 9.56. The van der Waals surface area contributed by atoms with Crippen LogP contribution in [0.15, 0.2) is 42.6 Å². The van der Waals surface area contributed by atoms with Crippen LogP contribution in [0.2, 0.25) is 0 Å². The van der Waals surface area contributed by atoms with Crippen molar-refractivity contribution in [3.8, 4) is 0 Å². The van der Waals surface area contributed by atoms with Gasteiger partial charge in [0.25, 0.3) is 0 Å². The van der Waals surface area contributed by atoms with Gasteiger partial charge in [0, 0.05) is 25.0 Å². The molecule has 0 aliphatic heterocycles. The van der Waals surface area contributed by atoms with Gasteiger partial charge in [-0.05, 0) is 31.5 Å². The maximum absolute atomic E-state index is 4.34. The highest BCUT2D eigenvalue weighted by molar-refractivity contribution is 5.42. The molecule has 1 heterocycles. The van der Waals surface area contributed by atoms with Gasteiger partial charge in [-0.3, -0.25) is 4.68 Å². The lowest BCUT2D eigenvalue weighted by Gasteiger charge is -2.05. The molecule has 0 amide bonds. The van der Waals surface area contributed by atoms with Crippen LogP contribution in [-0.4, -0.2) is 16.3 Å². The number of anilines is 1. The highest BCUT2D eigenvalue weighted by atomic mass is 15.3. The zero-order chi connectivity index (χ0) is 11.2. The van der Waals surface area contributed by atoms with Gasteiger partial charge in [-0.25, -0.2) is 0 Å². The van der Waals surface area contributed by atoms with Gasteiger partial charge in [-0.15, -0.1) is 0 Å². The molecule has 0 bridgehead atoms. The minimum Gasteiger partial charge on any atom is -0.385 e. The molecule has 0 spiro atoms. The maximum atomic E-state index is 4.34. The smallest absolute Gasteiger partial charge is 0.0593 e. The fraction of sp³-hybridized carbons (Fsp3) is 0.308. The van der Waals surface area contributed by atoms with Crippen molar-refractivity contribution in [2.24, 2.45) is 0 Å². The van der Waals surface area contributed by atoms with Crippen LogP contribution in [0.25, 0.3) is 0 Å². The van der Waals surface area contributed by atoms with E-state index < -0.39 is 0 Å². The fourth-order valence-electron chi connectivity index (χ4n) is 1.62. The summed E-state index contributed by atoms with van der Waals surface area (Å²) in [6.45, 7) is 3.95.